The van der Waals surface area contributed by atoms with Crippen molar-refractivity contribution in [3.63, 3.8) is 0 Å². The molecular weight excluding hydrogens is 286 g/mol. The van der Waals surface area contributed by atoms with Gasteiger partial charge in [0.1, 0.15) is 24.2 Å². The number of aromatic nitrogens is 4. The summed E-state index contributed by atoms with van der Waals surface area (Å²) < 4.78 is 7.22. The Morgan fingerprint density at radius 3 is 2.73 bits per heavy atom. The Kier molecular flexibility index (Phi) is 4.06. The van der Waals surface area contributed by atoms with Crippen molar-refractivity contribution in [1.29, 1.82) is 0 Å². The zero-order chi connectivity index (χ0) is 15.7. The van der Waals surface area contributed by atoms with Gasteiger partial charge in [-0.2, -0.15) is 0 Å². The van der Waals surface area contributed by atoms with Crippen LogP contribution in [0.5, 0.6) is 0 Å². The number of aliphatic hydroxyl groups excluding tert-OH is 2. The highest BCUT2D eigenvalue weighted by atomic mass is 16.5. The van der Waals surface area contributed by atoms with E-state index in [9.17, 15) is 5.11 Å². The summed E-state index contributed by atoms with van der Waals surface area (Å²) in [4.78, 5) is 12.1. The van der Waals surface area contributed by atoms with Gasteiger partial charge in [-0.05, 0) is 13.3 Å². The molecule has 0 bridgehead atoms. The van der Waals surface area contributed by atoms with Crippen LogP contribution in [0.15, 0.2) is 24.3 Å². The first-order chi connectivity index (χ1) is 10.6. The zero-order valence-corrected chi connectivity index (χ0v) is 12.3. The summed E-state index contributed by atoms with van der Waals surface area (Å²) in [6, 6.07) is 0. The van der Waals surface area contributed by atoms with E-state index < -0.39 is 18.4 Å². The normalized spacial score (nSPS) is 26.5. The molecular formula is C14H19N5O3. The fraction of sp³-hybridized carbons (Fsp3) is 0.500. The van der Waals surface area contributed by atoms with Crippen molar-refractivity contribution in [3.05, 3.63) is 24.3 Å². The van der Waals surface area contributed by atoms with E-state index >= 15 is 0 Å². The molecule has 3 heterocycles. The first-order valence-corrected chi connectivity index (χ1v) is 7.13. The minimum absolute atomic E-state index is 0.221. The van der Waals surface area contributed by atoms with Crippen LogP contribution in [0.1, 0.15) is 26.0 Å². The summed E-state index contributed by atoms with van der Waals surface area (Å²) in [6.07, 6.45) is 5.08. The molecule has 2 aromatic heterocycles. The van der Waals surface area contributed by atoms with Crippen molar-refractivity contribution in [2.45, 2.75) is 38.2 Å². The van der Waals surface area contributed by atoms with E-state index in [1.807, 2.05) is 0 Å². The lowest BCUT2D eigenvalue weighted by molar-refractivity contribution is -0.0432. The van der Waals surface area contributed by atoms with E-state index in [2.05, 4.69) is 28.0 Å². The third kappa shape index (κ3) is 2.94. The van der Waals surface area contributed by atoms with E-state index in [4.69, 9.17) is 15.6 Å². The lowest BCUT2D eigenvalue weighted by Crippen LogP contribution is -2.24. The number of allylic oxidation sites excluding steroid dienone is 2. The van der Waals surface area contributed by atoms with Gasteiger partial charge in [-0.25, -0.2) is 15.0 Å². The number of fused-ring (bicyclic) bond motifs is 1. The number of hydrogen-bond donors (Lipinski definition) is 3. The second kappa shape index (κ2) is 5.99. The molecule has 22 heavy (non-hydrogen) atoms. The van der Waals surface area contributed by atoms with E-state index in [1.165, 1.54) is 12.7 Å². The van der Waals surface area contributed by atoms with Crippen LogP contribution in [0, 0.1) is 0 Å². The Labute approximate surface area is 127 Å². The Bertz CT molecular complexity index is 699. The van der Waals surface area contributed by atoms with Gasteiger partial charge in [-0.1, -0.05) is 11.6 Å². The molecule has 0 saturated carbocycles. The first-order valence-electron chi connectivity index (χ1n) is 7.13. The van der Waals surface area contributed by atoms with Crippen LogP contribution < -0.4 is 5.73 Å². The lowest BCUT2D eigenvalue weighted by atomic mass is 10.2. The van der Waals surface area contributed by atoms with Crippen molar-refractivity contribution in [2.24, 2.45) is 0 Å². The average Bonchev–Trinajstić information content (AvgIpc) is 3.02. The maximum atomic E-state index is 9.71. The van der Waals surface area contributed by atoms with Crippen LogP contribution in [0.25, 0.3) is 11.2 Å². The van der Waals surface area contributed by atoms with Gasteiger partial charge < -0.3 is 20.7 Å². The SMILES string of the molecule is CC1=CC1.Nc1ncnc2c1ncn2[C@H]1C[C@H](O)[C@@H](CO)O1. The molecule has 0 unspecified atom stereocenters. The number of ether oxygens (including phenoxy) is 1. The lowest BCUT2D eigenvalue weighted by Gasteiger charge is -2.13. The predicted octanol–water partition coefficient (Wildman–Crippen LogP) is 0.386. The quantitative estimate of drug-likeness (QED) is 0.686. The van der Waals surface area contributed by atoms with Gasteiger partial charge >= 0.3 is 0 Å². The number of imidazole rings is 1. The number of nitrogen functional groups attached to an aromatic ring is 1. The van der Waals surface area contributed by atoms with Gasteiger partial charge in [0.2, 0.25) is 0 Å². The standard InChI is InChI=1S/C10H13N5O3.C4H6/c11-9-8-10(13-3-12-9)15(4-14-8)7-1-5(17)6(2-16)18-7;1-4-2-3-4/h3-7,16-17H,1-2H2,(H2,11,12,13);2H,3H2,1H3/t5-,6+,7+;/m0./s1. The van der Waals surface area contributed by atoms with E-state index in [0.29, 0.717) is 23.4 Å². The minimum atomic E-state index is -0.698. The number of nitrogens with zero attached hydrogens (tertiary/aromatic N) is 4. The molecule has 2 aliphatic rings. The monoisotopic (exact) mass is 305 g/mol. The summed E-state index contributed by atoms with van der Waals surface area (Å²) in [5.41, 5.74) is 8.29. The van der Waals surface area contributed by atoms with Gasteiger partial charge in [0.15, 0.2) is 11.5 Å². The largest absolute Gasteiger partial charge is 0.394 e. The number of aliphatic hydroxyl groups is 2. The second-order valence-electron chi connectivity index (χ2n) is 5.45. The van der Waals surface area contributed by atoms with Crippen LogP contribution in [0.3, 0.4) is 0 Å². The zero-order valence-electron chi connectivity index (χ0n) is 12.3. The molecule has 0 aromatic carbocycles. The summed E-state index contributed by atoms with van der Waals surface area (Å²) in [7, 11) is 0. The molecule has 1 fully saturated rings. The van der Waals surface area contributed by atoms with E-state index in [1.54, 1.807) is 16.5 Å². The molecule has 1 aliphatic carbocycles. The molecule has 0 spiro atoms. The maximum absolute atomic E-state index is 9.71. The Morgan fingerprint density at radius 2 is 2.14 bits per heavy atom. The molecule has 0 amide bonds. The van der Waals surface area contributed by atoms with Crippen LogP contribution in [-0.4, -0.2) is 48.5 Å². The number of anilines is 1. The van der Waals surface area contributed by atoms with Crippen molar-refractivity contribution >= 4 is 17.0 Å². The number of hydrogen-bond acceptors (Lipinski definition) is 7. The number of rotatable bonds is 2. The molecule has 4 N–H and O–H groups in total. The van der Waals surface area contributed by atoms with Crippen molar-refractivity contribution < 1.29 is 14.9 Å². The molecule has 4 rings (SSSR count). The fourth-order valence-corrected chi connectivity index (χ4v) is 2.23. The van der Waals surface area contributed by atoms with Crippen molar-refractivity contribution in [1.82, 2.24) is 19.5 Å². The first kappa shape index (κ1) is 14.9. The fourth-order valence-electron chi connectivity index (χ4n) is 2.23. The Hall–Kier alpha value is -2.03. The predicted molar refractivity (Wildman–Crippen MR) is 79.7 cm³/mol. The Morgan fingerprint density at radius 1 is 1.41 bits per heavy atom. The number of nitrogens with two attached hydrogens (primary N) is 1. The topological polar surface area (TPSA) is 119 Å². The highest BCUT2D eigenvalue weighted by molar-refractivity contribution is 5.81. The van der Waals surface area contributed by atoms with Gasteiger partial charge in [0, 0.05) is 6.42 Å². The Balaban J connectivity index is 0.000000313. The van der Waals surface area contributed by atoms with Crippen molar-refractivity contribution in [2.75, 3.05) is 12.3 Å². The van der Waals surface area contributed by atoms with Crippen LogP contribution >= 0.6 is 0 Å². The summed E-state index contributed by atoms with van der Waals surface area (Å²) in [6.45, 7) is 1.92. The summed E-state index contributed by atoms with van der Waals surface area (Å²) in [5, 5.41) is 18.8. The maximum Gasteiger partial charge on any atom is 0.167 e. The highest BCUT2D eigenvalue weighted by Crippen LogP contribution is 2.30. The third-order valence-corrected chi connectivity index (χ3v) is 3.69. The molecule has 8 nitrogen and oxygen atoms in total. The second-order valence-corrected chi connectivity index (χ2v) is 5.45. The van der Waals surface area contributed by atoms with E-state index in [0.717, 1.165) is 0 Å². The molecule has 1 saturated heterocycles. The van der Waals surface area contributed by atoms with Gasteiger partial charge in [-0.3, -0.25) is 4.57 Å². The third-order valence-electron chi connectivity index (χ3n) is 3.69. The molecule has 1 aliphatic heterocycles. The average molecular weight is 305 g/mol. The van der Waals surface area contributed by atoms with Crippen LogP contribution in [0.2, 0.25) is 0 Å². The van der Waals surface area contributed by atoms with Crippen LogP contribution in [-0.2, 0) is 4.74 Å². The summed E-state index contributed by atoms with van der Waals surface area (Å²) >= 11 is 0. The molecule has 0 radical (unpaired) electrons. The molecule has 2 aromatic rings. The van der Waals surface area contributed by atoms with Crippen molar-refractivity contribution in [3.8, 4) is 0 Å². The molecule has 3 atom stereocenters. The minimum Gasteiger partial charge on any atom is -0.394 e. The molecule has 8 heteroatoms. The smallest absolute Gasteiger partial charge is 0.167 e. The van der Waals surface area contributed by atoms with Gasteiger partial charge in [0.25, 0.3) is 0 Å². The summed E-state index contributed by atoms with van der Waals surface area (Å²) in [5.74, 6) is 0.302. The van der Waals surface area contributed by atoms with E-state index in [-0.39, 0.29) is 6.61 Å². The highest BCUT2D eigenvalue weighted by Gasteiger charge is 2.35. The molecule has 118 valence electrons. The van der Waals surface area contributed by atoms with Crippen LogP contribution in [0.4, 0.5) is 5.82 Å². The van der Waals surface area contributed by atoms with Gasteiger partial charge in [0.05, 0.1) is 19.0 Å². The van der Waals surface area contributed by atoms with Gasteiger partial charge in [-0.15, -0.1) is 0 Å².